The number of hydrogen-bond donors (Lipinski definition) is 0. The third kappa shape index (κ3) is 2.59. The molecule has 0 aromatic carbocycles. The van der Waals surface area contributed by atoms with Gasteiger partial charge in [0, 0.05) is 12.6 Å². The van der Waals surface area contributed by atoms with Crippen molar-refractivity contribution in [1.82, 2.24) is 9.97 Å². The van der Waals surface area contributed by atoms with Gasteiger partial charge in [0.05, 0.1) is 26.4 Å². The maximum atomic E-state index is 11.5. The van der Waals surface area contributed by atoms with Crippen LogP contribution in [0.3, 0.4) is 0 Å². The van der Waals surface area contributed by atoms with E-state index in [-0.39, 0.29) is 6.04 Å². The fraction of sp³-hybridized carbons (Fsp3) is 0.583. The Hall–Kier alpha value is -1.69. The highest BCUT2D eigenvalue weighted by molar-refractivity contribution is 5.88. The maximum absolute atomic E-state index is 11.5. The van der Waals surface area contributed by atoms with Crippen LogP contribution in [0.4, 0.5) is 5.82 Å². The minimum absolute atomic E-state index is 0.235. The molecule has 1 saturated heterocycles. The summed E-state index contributed by atoms with van der Waals surface area (Å²) >= 11 is 0. The van der Waals surface area contributed by atoms with Gasteiger partial charge in [0.2, 0.25) is 0 Å². The lowest BCUT2D eigenvalue weighted by atomic mass is 10.2. The number of ether oxygens (including phenoxy) is 2. The van der Waals surface area contributed by atoms with Crippen LogP contribution >= 0.6 is 0 Å². The molecule has 1 fully saturated rings. The highest BCUT2D eigenvalue weighted by atomic mass is 16.5. The van der Waals surface area contributed by atoms with Crippen LogP contribution in [0, 0.1) is 6.92 Å². The zero-order valence-electron chi connectivity index (χ0n) is 10.8. The Morgan fingerprint density at radius 2 is 2.33 bits per heavy atom. The largest absolute Gasteiger partial charge is 0.464 e. The number of anilines is 1. The lowest BCUT2D eigenvalue weighted by molar-refractivity contribution is 0.0593. The molecule has 0 bridgehead atoms. The molecule has 0 amide bonds. The number of morpholine rings is 1. The standard InChI is InChI=1S/C12H17N3O3/c1-8-7-18-5-4-15(8)11-6-10(12(16)17-3)13-9(2)14-11/h6,8H,4-5,7H2,1-3H3/t8-/m0/s1. The first-order valence-electron chi connectivity index (χ1n) is 5.90. The Morgan fingerprint density at radius 1 is 1.56 bits per heavy atom. The average molecular weight is 251 g/mol. The van der Waals surface area contributed by atoms with Crippen LogP contribution in [0.1, 0.15) is 23.2 Å². The minimum Gasteiger partial charge on any atom is -0.464 e. The van der Waals surface area contributed by atoms with Gasteiger partial charge in [-0.3, -0.25) is 0 Å². The van der Waals surface area contributed by atoms with Gasteiger partial charge in [-0.2, -0.15) is 0 Å². The molecule has 0 radical (unpaired) electrons. The van der Waals surface area contributed by atoms with E-state index in [4.69, 9.17) is 4.74 Å². The Balaban J connectivity index is 2.32. The van der Waals surface area contributed by atoms with E-state index in [1.807, 2.05) is 0 Å². The zero-order valence-corrected chi connectivity index (χ0v) is 10.8. The van der Waals surface area contributed by atoms with Crippen molar-refractivity contribution < 1.29 is 14.3 Å². The first-order valence-corrected chi connectivity index (χ1v) is 5.90. The van der Waals surface area contributed by atoms with Gasteiger partial charge in [0.15, 0.2) is 5.69 Å². The number of hydrogen-bond acceptors (Lipinski definition) is 6. The Labute approximate surface area is 106 Å². The van der Waals surface area contributed by atoms with Crippen molar-refractivity contribution in [1.29, 1.82) is 0 Å². The quantitative estimate of drug-likeness (QED) is 0.724. The second-order valence-corrected chi connectivity index (χ2v) is 4.27. The molecule has 0 spiro atoms. The number of rotatable bonds is 2. The number of esters is 1. The van der Waals surface area contributed by atoms with Gasteiger partial charge in [-0.15, -0.1) is 0 Å². The van der Waals surface area contributed by atoms with Crippen molar-refractivity contribution in [3.05, 3.63) is 17.6 Å². The number of carbonyl (C=O) groups is 1. The Morgan fingerprint density at radius 3 is 3.00 bits per heavy atom. The minimum atomic E-state index is -0.442. The molecule has 1 aliphatic heterocycles. The Kier molecular flexibility index (Phi) is 3.76. The molecule has 1 atom stereocenters. The van der Waals surface area contributed by atoms with E-state index < -0.39 is 5.97 Å². The van der Waals surface area contributed by atoms with Crippen LogP contribution in [-0.4, -0.2) is 48.8 Å². The van der Waals surface area contributed by atoms with Gasteiger partial charge < -0.3 is 14.4 Å². The third-order valence-electron chi connectivity index (χ3n) is 2.88. The second-order valence-electron chi connectivity index (χ2n) is 4.27. The van der Waals surface area contributed by atoms with Gasteiger partial charge in [-0.1, -0.05) is 0 Å². The van der Waals surface area contributed by atoms with Crippen molar-refractivity contribution in [2.45, 2.75) is 19.9 Å². The summed E-state index contributed by atoms with van der Waals surface area (Å²) in [6.45, 7) is 5.92. The summed E-state index contributed by atoms with van der Waals surface area (Å²) in [7, 11) is 1.34. The van der Waals surface area contributed by atoms with Crippen molar-refractivity contribution in [2.75, 3.05) is 31.8 Å². The number of methoxy groups -OCH3 is 1. The fourth-order valence-electron chi connectivity index (χ4n) is 1.98. The molecule has 18 heavy (non-hydrogen) atoms. The number of nitrogens with zero attached hydrogens (tertiary/aromatic N) is 3. The summed E-state index contributed by atoms with van der Waals surface area (Å²) in [6, 6.07) is 1.90. The third-order valence-corrected chi connectivity index (χ3v) is 2.88. The molecule has 1 aromatic rings. The normalized spacial score (nSPS) is 19.7. The Bertz CT molecular complexity index is 450. The number of aryl methyl sites for hydroxylation is 1. The summed E-state index contributed by atoms with van der Waals surface area (Å²) < 4.78 is 10.1. The molecule has 1 aliphatic rings. The first kappa shape index (κ1) is 12.8. The molecule has 2 rings (SSSR count). The van der Waals surface area contributed by atoms with Gasteiger partial charge >= 0.3 is 5.97 Å². The van der Waals surface area contributed by atoms with E-state index in [2.05, 4.69) is 26.5 Å². The van der Waals surface area contributed by atoms with Gasteiger partial charge in [-0.05, 0) is 13.8 Å². The number of aromatic nitrogens is 2. The molecule has 0 saturated carbocycles. The monoisotopic (exact) mass is 251 g/mol. The molecule has 0 unspecified atom stereocenters. The fourth-order valence-corrected chi connectivity index (χ4v) is 1.98. The van der Waals surface area contributed by atoms with E-state index in [1.165, 1.54) is 7.11 Å². The molecule has 98 valence electrons. The van der Waals surface area contributed by atoms with E-state index in [9.17, 15) is 4.79 Å². The average Bonchev–Trinajstić information content (AvgIpc) is 2.37. The van der Waals surface area contributed by atoms with E-state index in [1.54, 1.807) is 13.0 Å². The number of carbonyl (C=O) groups excluding carboxylic acids is 1. The predicted molar refractivity (Wildman–Crippen MR) is 65.7 cm³/mol. The van der Waals surface area contributed by atoms with Crippen molar-refractivity contribution in [2.24, 2.45) is 0 Å². The molecule has 0 aliphatic carbocycles. The summed E-state index contributed by atoms with van der Waals surface area (Å²) in [5.74, 6) is 0.868. The molecule has 2 heterocycles. The molecular weight excluding hydrogens is 234 g/mol. The highest BCUT2D eigenvalue weighted by Crippen LogP contribution is 2.18. The van der Waals surface area contributed by atoms with E-state index >= 15 is 0 Å². The van der Waals surface area contributed by atoms with Crippen molar-refractivity contribution in [3.63, 3.8) is 0 Å². The van der Waals surface area contributed by atoms with E-state index in [0.717, 1.165) is 12.4 Å². The van der Waals surface area contributed by atoms with Crippen LogP contribution in [0.25, 0.3) is 0 Å². The van der Waals surface area contributed by atoms with Gasteiger partial charge in [-0.25, -0.2) is 14.8 Å². The summed E-state index contributed by atoms with van der Waals surface area (Å²) in [5.41, 5.74) is 0.290. The van der Waals surface area contributed by atoms with Crippen LogP contribution < -0.4 is 4.90 Å². The van der Waals surface area contributed by atoms with Gasteiger partial charge in [0.25, 0.3) is 0 Å². The summed E-state index contributed by atoms with van der Waals surface area (Å²) in [4.78, 5) is 22.1. The maximum Gasteiger partial charge on any atom is 0.356 e. The molecular formula is C12H17N3O3. The van der Waals surface area contributed by atoms with Crippen molar-refractivity contribution in [3.8, 4) is 0 Å². The lowest BCUT2D eigenvalue weighted by Gasteiger charge is -2.34. The summed E-state index contributed by atoms with van der Waals surface area (Å²) in [5, 5.41) is 0. The van der Waals surface area contributed by atoms with Gasteiger partial charge in [0.1, 0.15) is 11.6 Å². The van der Waals surface area contributed by atoms with Crippen LogP contribution in [-0.2, 0) is 9.47 Å². The molecule has 6 nitrogen and oxygen atoms in total. The molecule has 1 aromatic heterocycles. The first-order chi connectivity index (χ1) is 8.61. The SMILES string of the molecule is COC(=O)c1cc(N2CCOC[C@@H]2C)nc(C)n1. The van der Waals surface area contributed by atoms with Crippen LogP contribution in [0.5, 0.6) is 0 Å². The topological polar surface area (TPSA) is 64.5 Å². The molecule has 0 N–H and O–H groups in total. The van der Waals surface area contributed by atoms with E-state index in [0.29, 0.717) is 24.7 Å². The smallest absolute Gasteiger partial charge is 0.356 e. The van der Waals surface area contributed by atoms with Crippen LogP contribution in [0.15, 0.2) is 6.07 Å². The molecule has 6 heteroatoms. The summed E-state index contributed by atoms with van der Waals surface area (Å²) in [6.07, 6.45) is 0. The lowest BCUT2D eigenvalue weighted by Crippen LogP contribution is -2.44. The van der Waals surface area contributed by atoms with Crippen LogP contribution in [0.2, 0.25) is 0 Å². The zero-order chi connectivity index (χ0) is 13.1. The van der Waals surface area contributed by atoms with Crippen molar-refractivity contribution >= 4 is 11.8 Å². The highest BCUT2D eigenvalue weighted by Gasteiger charge is 2.22. The predicted octanol–water partition coefficient (Wildman–Crippen LogP) is 0.797. The second kappa shape index (κ2) is 5.30.